The summed E-state index contributed by atoms with van der Waals surface area (Å²) < 4.78 is 11.8. The van der Waals surface area contributed by atoms with Gasteiger partial charge < -0.3 is 20.5 Å². The van der Waals surface area contributed by atoms with Crippen LogP contribution in [0.2, 0.25) is 5.02 Å². The highest BCUT2D eigenvalue weighted by molar-refractivity contribution is 6.31. The number of hydrogen-bond acceptors (Lipinski definition) is 4. The van der Waals surface area contributed by atoms with Gasteiger partial charge in [0.1, 0.15) is 6.04 Å². The zero-order valence-electron chi connectivity index (χ0n) is 13.9. The molecule has 2 atom stereocenters. The third-order valence-corrected chi connectivity index (χ3v) is 4.12. The number of carbonyl (C=O) groups is 1. The number of ether oxygens (including phenoxy) is 2. The number of carbonyl (C=O) groups excluding carboxylic acids is 1. The first-order valence-electron chi connectivity index (χ1n) is 7.92. The van der Waals surface area contributed by atoms with Crippen molar-refractivity contribution in [2.24, 2.45) is 5.73 Å². The van der Waals surface area contributed by atoms with Crippen LogP contribution in [0.25, 0.3) is 0 Å². The molecule has 0 aromatic heterocycles. The second kappa shape index (κ2) is 8.33. The Bertz CT molecular complexity index is 645. The van der Waals surface area contributed by atoms with Crippen LogP contribution in [0.5, 0.6) is 0 Å². The van der Waals surface area contributed by atoms with E-state index in [1.807, 2.05) is 49.4 Å². The summed E-state index contributed by atoms with van der Waals surface area (Å²) in [7, 11) is 0. The van der Waals surface area contributed by atoms with E-state index in [2.05, 4.69) is 5.32 Å². The van der Waals surface area contributed by atoms with Gasteiger partial charge in [0.15, 0.2) is 5.79 Å². The molecular weight excluding hydrogens is 328 g/mol. The molecule has 0 spiro atoms. The number of hydrogen-bond donors (Lipinski definition) is 2. The number of nitrogens with two attached hydrogens (primary N) is 1. The van der Waals surface area contributed by atoms with Crippen LogP contribution in [0.4, 0.5) is 0 Å². The summed E-state index contributed by atoms with van der Waals surface area (Å²) >= 11 is 6.17. The lowest BCUT2D eigenvalue weighted by Gasteiger charge is -2.32. The van der Waals surface area contributed by atoms with Crippen molar-refractivity contribution in [3.8, 4) is 0 Å². The molecule has 2 unspecified atom stereocenters. The Labute approximate surface area is 147 Å². The maximum atomic E-state index is 11.1. The highest BCUT2D eigenvalue weighted by atomic mass is 35.5. The van der Waals surface area contributed by atoms with Gasteiger partial charge in [-0.3, -0.25) is 4.79 Å². The number of rotatable bonds is 8. The fourth-order valence-corrected chi connectivity index (χ4v) is 2.54. The second-order valence-corrected chi connectivity index (χ2v) is 6.00. The molecular formula is C18H23ClN2O3. The van der Waals surface area contributed by atoms with Crippen LogP contribution in [0, 0.1) is 0 Å². The van der Waals surface area contributed by atoms with Crippen molar-refractivity contribution >= 4 is 17.5 Å². The predicted molar refractivity (Wildman–Crippen MR) is 94.2 cm³/mol. The van der Waals surface area contributed by atoms with Crippen LogP contribution in [0.3, 0.4) is 0 Å². The van der Waals surface area contributed by atoms with Gasteiger partial charge in [-0.15, -0.1) is 0 Å². The fourth-order valence-electron chi connectivity index (χ4n) is 2.35. The zero-order chi connectivity index (χ0) is 17.6. The van der Waals surface area contributed by atoms with E-state index in [9.17, 15) is 4.79 Å². The van der Waals surface area contributed by atoms with Crippen LogP contribution in [0.1, 0.15) is 25.8 Å². The Morgan fingerprint density at radius 3 is 2.75 bits per heavy atom. The van der Waals surface area contributed by atoms with Crippen LogP contribution in [0.15, 0.2) is 48.2 Å². The van der Waals surface area contributed by atoms with E-state index in [-0.39, 0.29) is 0 Å². The van der Waals surface area contributed by atoms with E-state index in [0.717, 1.165) is 11.3 Å². The molecule has 1 aromatic rings. The van der Waals surface area contributed by atoms with Gasteiger partial charge in [0.05, 0.1) is 6.61 Å². The van der Waals surface area contributed by atoms with E-state index >= 15 is 0 Å². The van der Waals surface area contributed by atoms with Gasteiger partial charge >= 0.3 is 0 Å². The molecule has 0 aliphatic heterocycles. The van der Waals surface area contributed by atoms with E-state index in [1.165, 1.54) is 0 Å². The van der Waals surface area contributed by atoms with Gasteiger partial charge in [0.25, 0.3) is 0 Å². The zero-order valence-corrected chi connectivity index (χ0v) is 14.7. The molecule has 1 aliphatic rings. The predicted octanol–water partition coefficient (Wildman–Crippen LogP) is 2.90. The van der Waals surface area contributed by atoms with Crippen molar-refractivity contribution in [3.63, 3.8) is 0 Å². The number of benzene rings is 1. The Morgan fingerprint density at radius 2 is 2.17 bits per heavy atom. The highest BCUT2D eigenvalue weighted by Crippen LogP contribution is 2.28. The molecule has 0 radical (unpaired) electrons. The van der Waals surface area contributed by atoms with Gasteiger partial charge in [-0.05, 0) is 37.6 Å². The third kappa shape index (κ3) is 4.84. The van der Waals surface area contributed by atoms with Gasteiger partial charge in [-0.1, -0.05) is 35.9 Å². The lowest BCUT2D eigenvalue weighted by Crippen LogP contribution is -2.40. The highest BCUT2D eigenvalue weighted by Gasteiger charge is 2.30. The van der Waals surface area contributed by atoms with Gasteiger partial charge in [-0.2, -0.15) is 0 Å². The number of nitrogens with one attached hydrogen (secondary N) is 1. The molecule has 130 valence electrons. The molecule has 2 rings (SSSR count). The minimum absolute atomic E-state index is 0.346. The number of halogens is 1. The van der Waals surface area contributed by atoms with Crippen molar-refractivity contribution in [3.05, 3.63) is 58.8 Å². The minimum Gasteiger partial charge on any atom is -0.374 e. The number of primary amides is 1. The lowest BCUT2D eigenvalue weighted by molar-refractivity contribution is -0.207. The molecule has 0 saturated heterocycles. The Balaban J connectivity index is 2.03. The normalized spacial score (nSPS) is 21.2. The summed E-state index contributed by atoms with van der Waals surface area (Å²) in [5.41, 5.74) is 6.99. The van der Waals surface area contributed by atoms with Crippen molar-refractivity contribution in [2.75, 3.05) is 6.61 Å². The lowest BCUT2D eigenvalue weighted by atomic mass is 10.0. The Kier molecular flexibility index (Phi) is 6.43. The number of allylic oxidation sites excluding steroid dienone is 1. The largest absolute Gasteiger partial charge is 0.374 e. The SMILES string of the molecule is CCOC1(OCc2ccccc2Cl)C=CC(NC(C)C(N)=O)=CC1. The molecule has 1 amide bonds. The van der Waals surface area contributed by atoms with E-state index in [1.54, 1.807) is 6.92 Å². The summed E-state index contributed by atoms with van der Waals surface area (Å²) in [6, 6.07) is 7.11. The molecule has 5 nitrogen and oxygen atoms in total. The summed E-state index contributed by atoms with van der Waals surface area (Å²) in [5, 5.41) is 3.71. The van der Waals surface area contributed by atoms with E-state index in [0.29, 0.717) is 24.7 Å². The molecule has 1 aromatic carbocycles. The molecule has 0 heterocycles. The summed E-state index contributed by atoms with van der Waals surface area (Å²) in [6.45, 7) is 4.50. The monoisotopic (exact) mass is 350 g/mol. The summed E-state index contributed by atoms with van der Waals surface area (Å²) in [5.74, 6) is -1.24. The molecule has 0 saturated carbocycles. The summed E-state index contributed by atoms with van der Waals surface area (Å²) in [6.07, 6.45) is 6.14. The Hall–Kier alpha value is -1.82. The topological polar surface area (TPSA) is 73.6 Å². The first-order chi connectivity index (χ1) is 11.5. The van der Waals surface area contributed by atoms with Crippen molar-refractivity contribution < 1.29 is 14.3 Å². The van der Waals surface area contributed by atoms with Gasteiger partial charge in [0, 0.05) is 23.7 Å². The average Bonchev–Trinajstić information content (AvgIpc) is 2.56. The molecule has 1 aliphatic carbocycles. The average molecular weight is 351 g/mol. The Morgan fingerprint density at radius 1 is 1.42 bits per heavy atom. The van der Waals surface area contributed by atoms with Crippen molar-refractivity contribution in [1.82, 2.24) is 5.32 Å². The molecule has 6 heteroatoms. The van der Waals surface area contributed by atoms with Gasteiger partial charge in [-0.25, -0.2) is 0 Å². The fraction of sp³-hybridized carbons (Fsp3) is 0.389. The maximum absolute atomic E-state index is 11.1. The van der Waals surface area contributed by atoms with Gasteiger partial charge in [0.2, 0.25) is 5.91 Å². The quantitative estimate of drug-likeness (QED) is 0.707. The number of amides is 1. The first-order valence-corrected chi connectivity index (χ1v) is 8.30. The molecule has 3 N–H and O–H groups in total. The molecule has 24 heavy (non-hydrogen) atoms. The van der Waals surface area contributed by atoms with E-state index in [4.69, 9.17) is 26.8 Å². The van der Waals surface area contributed by atoms with Crippen LogP contribution < -0.4 is 11.1 Å². The standard InChI is InChI=1S/C18H23ClN2O3/c1-3-23-18(24-12-14-6-4-5-7-16(14)19)10-8-15(9-11-18)21-13(2)17(20)22/h4-10,13,21H,3,11-12H2,1-2H3,(H2,20,22). The van der Waals surface area contributed by atoms with Crippen LogP contribution in [-0.2, 0) is 20.9 Å². The summed E-state index contributed by atoms with van der Waals surface area (Å²) in [4.78, 5) is 11.1. The smallest absolute Gasteiger partial charge is 0.239 e. The minimum atomic E-state index is -0.838. The van der Waals surface area contributed by atoms with Crippen LogP contribution >= 0.6 is 11.6 Å². The second-order valence-electron chi connectivity index (χ2n) is 5.59. The van der Waals surface area contributed by atoms with E-state index < -0.39 is 17.7 Å². The molecule has 0 fully saturated rings. The third-order valence-electron chi connectivity index (χ3n) is 3.75. The molecule has 0 bridgehead atoms. The van der Waals surface area contributed by atoms with Crippen LogP contribution in [-0.4, -0.2) is 24.3 Å². The van der Waals surface area contributed by atoms with Crippen molar-refractivity contribution in [2.45, 2.75) is 38.7 Å². The first kappa shape index (κ1) is 18.5. The van der Waals surface area contributed by atoms with Crippen molar-refractivity contribution in [1.29, 1.82) is 0 Å². The maximum Gasteiger partial charge on any atom is 0.239 e.